The maximum atomic E-state index is 11.9. The number of aryl methyl sites for hydroxylation is 1. The fourth-order valence-corrected chi connectivity index (χ4v) is 3.37. The van der Waals surface area contributed by atoms with Crippen LogP contribution in [0.3, 0.4) is 0 Å². The molecule has 0 atom stereocenters. The molecule has 0 bridgehead atoms. The molecule has 0 fully saturated rings. The van der Waals surface area contributed by atoms with Crippen LogP contribution in [0.4, 0.5) is 0 Å². The number of hydrogen-bond donors (Lipinski definition) is 3. The van der Waals surface area contributed by atoms with E-state index in [1.165, 1.54) is 12.1 Å². The Morgan fingerprint density at radius 3 is 2.11 bits per heavy atom. The third-order valence-corrected chi connectivity index (χ3v) is 4.59. The van der Waals surface area contributed by atoms with Gasteiger partial charge in [0.1, 0.15) is 0 Å². The van der Waals surface area contributed by atoms with Gasteiger partial charge in [-0.3, -0.25) is 0 Å². The van der Waals surface area contributed by atoms with Crippen LogP contribution in [0, 0.1) is 6.92 Å². The summed E-state index contributed by atoms with van der Waals surface area (Å²) >= 11 is 0. The molecule has 0 saturated heterocycles. The van der Waals surface area contributed by atoms with Gasteiger partial charge in [0.05, 0.1) is 11.1 Å². The highest BCUT2D eigenvalue weighted by Crippen LogP contribution is 2.37. The van der Waals surface area contributed by atoms with Crippen molar-refractivity contribution in [3.05, 3.63) is 82.9 Å². The van der Waals surface area contributed by atoms with Crippen LogP contribution in [0.1, 0.15) is 31.8 Å². The number of rotatable bonds is 5. The van der Waals surface area contributed by atoms with Crippen molar-refractivity contribution in [3.63, 3.8) is 0 Å². The molecule has 0 radical (unpaired) electrons. The molecule has 0 saturated carbocycles. The predicted molar refractivity (Wildman–Crippen MR) is 104 cm³/mol. The molecule has 0 spiro atoms. The number of carboxylic acid groups (broad SMARTS) is 2. The summed E-state index contributed by atoms with van der Waals surface area (Å²) in [4.78, 5) is 23.7. The molecule has 0 heterocycles. The first-order valence-corrected chi connectivity index (χ1v) is 8.43. The summed E-state index contributed by atoms with van der Waals surface area (Å²) in [7, 11) is 0. The lowest BCUT2D eigenvalue weighted by Crippen LogP contribution is -2.11. The minimum Gasteiger partial charge on any atom is -0.478 e. The first kappa shape index (κ1) is 18.4. The molecule has 0 aliphatic heterocycles. The Kier molecular flexibility index (Phi) is 5.05. The maximum Gasteiger partial charge on any atom is 0.336 e. The quantitative estimate of drug-likeness (QED) is 0.633. The Morgan fingerprint density at radius 1 is 0.852 bits per heavy atom. The maximum absolute atomic E-state index is 11.9. The lowest BCUT2D eigenvalue weighted by molar-refractivity contribution is 0.0695. The Hall–Kier alpha value is -3.44. The number of carboxylic acids is 2. The summed E-state index contributed by atoms with van der Waals surface area (Å²) in [6, 6.07) is 17.9. The van der Waals surface area contributed by atoms with Gasteiger partial charge in [-0.25, -0.2) is 9.59 Å². The first-order chi connectivity index (χ1) is 13.0. The minimum absolute atomic E-state index is 0.0187. The van der Waals surface area contributed by atoms with Gasteiger partial charge in [-0.2, -0.15) is 0 Å². The normalized spacial score (nSPS) is 10.6. The molecule has 4 N–H and O–H groups in total. The molecule has 0 aromatic heterocycles. The van der Waals surface area contributed by atoms with Crippen molar-refractivity contribution in [3.8, 4) is 22.3 Å². The third-order valence-electron chi connectivity index (χ3n) is 4.59. The largest absolute Gasteiger partial charge is 0.478 e. The van der Waals surface area contributed by atoms with Gasteiger partial charge in [-0.1, -0.05) is 54.6 Å². The van der Waals surface area contributed by atoms with Crippen molar-refractivity contribution in [1.82, 2.24) is 0 Å². The topological polar surface area (TPSA) is 101 Å². The van der Waals surface area contributed by atoms with Crippen LogP contribution in [0.25, 0.3) is 22.3 Å². The second kappa shape index (κ2) is 7.43. The van der Waals surface area contributed by atoms with Gasteiger partial charge in [0.15, 0.2) is 0 Å². The van der Waals surface area contributed by atoms with Gasteiger partial charge in [0.2, 0.25) is 0 Å². The second-order valence-corrected chi connectivity index (χ2v) is 6.19. The SMILES string of the molecule is Cc1ccc(C(=O)O)c(-c2cccc(-c3ccccc3)c2CN)c1C(=O)O. The summed E-state index contributed by atoms with van der Waals surface area (Å²) in [5.41, 5.74) is 9.65. The van der Waals surface area contributed by atoms with Gasteiger partial charge in [0, 0.05) is 12.1 Å². The molecular weight excluding hydrogens is 342 g/mol. The second-order valence-electron chi connectivity index (χ2n) is 6.19. The van der Waals surface area contributed by atoms with Crippen molar-refractivity contribution < 1.29 is 19.8 Å². The van der Waals surface area contributed by atoms with Gasteiger partial charge in [-0.15, -0.1) is 0 Å². The van der Waals surface area contributed by atoms with E-state index in [1.807, 2.05) is 36.4 Å². The van der Waals surface area contributed by atoms with E-state index < -0.39 is 11.9 Å². The molecule has 27 heavy (non-hydrogen) atoms. The van der Waals surface area contributed by atoms with Gasteiger partial charge in [0.25, 0.3) is 0 Å². The fourth-order valence-electron chi connectivity index (χ4n) is 3.37. The summed E-state index contributed by atoms with van der Waals surface area (Å²) in [5.74, 6) is -2.35. The standard InChI is InChI=1S/C22H19NO4/c1-13-10-11-17(21(24)25)20(19(13)22(26)27)16-9-5-8-15(18(16)12-23)14-6-3-2-4-7-14/h2-11H,12,23H2,1H3,(H,24,25)(H,26,27). The van der Waals surface area contributed by atoms with Crippen LogP contribution in [-0.4, -0.2) is 22.2 Å². The zero-order valence-corrected chi connectivity index (χ0v) is 14.8. The Labute approximate surface area is 156 Å². The molecule has 0 aliphatic rings. The van der Waals surface area contributed by atoms with Crippen molar-refractivity contribution in [1.29, 1.82) is 0 Å². The minimum atomic E-state index is -1.18. The predicted octanol–water partition coefficient (Wildman–Crippen LogP) is 4.18. The number of carbonyl (C=O) groups is 2. The van der Waals surface area contributed by atoms with E-state index in [-0.39, 0.29) is 23.2 Å². The van der Waals surface area contributed by atoms with Crippen molar-refractivity contribution in [2.24, 2.45) is 5.73 Å². The van der Waals surface area contributed by atoms with Gasteiger partial charge in [-0.05, 0) is 40.8 Å². The Balaban J connectivity index is 2.40. The van der Waals surface area contributed by atoms with Gasteiger partial charge >= 0.3 is 11.9 Å². The fraction of sp³-hybridized carbons (Fsp3) is 0.0909. The van der Waals surface area contributed by atoms with Crippen LogP contribution in [-0.2, 0) is 6.54 Å². The molecule has 3 rings (SSSR count). The molecule has 5 heteroatoms. The van der Waals surface area contributed by atoms with E-state index in [0.717, 1.165) is 11.1 Å². The smallest absolute Gasteiger partial charge is 0.336 e. The molecule has 3 aromatic rings. The highest BCUT2D eigenvalue weighted by Gasteiger charge is 2.24. The number of hydrogen-bond acceptors (Lipinski definition) is 3. The highest BCUT2D eigenvalue weighted by molar-refractivity contribution is 6.06. The third kappa shape index (κ3) is 3.32. The van der Waals surface area contributed by atoms with Crippen molar-refractivity contribution in [2.75, 3.05) is 0 Å². The highest BCUT2D eigenvalue weighted by atomic mass is 16.4. The number of aromatic carboxylic acids is 2. The van der Waals surface area contributed by atoms with Crippen LogP contribution in [0.2, 0.25) is 0 Å². The van der Waals surface area contributed by atoms with E-state index in [2.05, 4.69) is 0 Å². The Morgan fingerprint density at radius 2 is 1.52 bits per heavy atom. The number of benzene rings is 3. The Bertz CT molecular complexity index is 1030. The van der Waals surface area contributed by atoms with Crippen LogP contribution < -0.4 is 5.73 Å². The summed E-state index contributed by atoms with van der Waals surface area (Å²) in [6.45, 7) is 1.80. The zero-order valence-electron chi connectivity index (χ0n) is 14.8. The average Bonchev–Trinajstić information content (AvgIpc) is 2.67. The zero-order chi connectivity index (χ0) is 19.6. The van der Waals surface area contributed by atoms with Crippen LogP contribution in [0.15, 0.2) is 60.7 Å². The monoisotopic (exact) mass is 361 g/mol. The van der Waals surface area contributed by atoms with Crippen LogP contribution in [0.5, 0.6) is 0 Å². The molecule has 0 unspecified atom stereocenters. The average molecular weight is 361 g/mol. The van der Waals surface area contributed by atoms with E-state index in [1.54, 1.807) is 19.1 Å². The van der Waals surface area contributed by atoms with E-state index in [0.29, 0.717) is 16.7 Å². The van der Waals surface area contributed by atoms with Gasteiger partial charge < -0.3 is 15.9 Å². The van der Waals surface area contributed by atoms with Crippen molar-refractivity contribution in [2.45, 2.75) is 13.5 Å². The molecule has 3 aromatic carbocycles. The summed E-state index contributed by atoms with van der Waals surface area (Å²) in [5, 5.41) is 19.4. The first-order valence-electron chi connectivity index (χ1n) is 8.43. The molecule has 5 nitrogen and oxygen atoms in total. The van der Waals surface area contributed by atoms with Crippen LogP contribution >= 0.6 is 0 Å². The van der Waals surface area contributed by atoms with E-state index >= 15 is 0 Å². The molecular formula is C22H19NO4. The molecule has 0 amide bonds. The van der Waals surface area contributed by atoms with Crippen molar-refractivity contribution >= 4 is 11.9 Å². The lowest BCUT2D eigenvalue weighted by Gasteiger charge is -2.18. The molecule has 0 aliphatic carbocycles. The molecule has 136 valence electrons. The van der Waals surface area contributed by atoms with E-state index in [9.17, 15) is 19.8 Å². The summed E-state index contributed by atoms with van der Waals surface area (Å²) in [6.07, 6.45) is 0. The number of nitrogens with two attached hydrogens (primary N) is 1. The lowest BCUT2D eigenvalue weighted by atomic mass is 9.85. The summed E-state index contributed by atoms with van der Waals surface area (Å²) < 4.78 is 0. The van der Waals surface area contributed by atoms with E-state index in [4.69, 9.17) is 5.73 Å².